The van der Waals surface area contributed by atoms with Gasteiger partial charge in [0.05, 0.1) is 30.9 Å². The van der Waals surface area contributed by atoms with Gasteiger partial charge in [0.25, 0.3) is 11.7 Å². The second kappa shape index (κ2) is 4.71. The van der Waals surface area contributed by atoms with Gasteiger partial charge in [-0.2, -0.15) is 0 Å². The largest absolute Gasteiger partial charge is 0.492 e. The van der Waals surface area contributed by atoms with Crippen molar-refractivity contribution in [1.29, 1.82) is 0 Å². The molecule has 114 valence electrons. The van der Waals surface area contributed by atoms with E-state index in [1.165, 1.54) is 0 Å². The van der Waals surface area contributed by atoms with Gasteiger partial charge in [-0.15, -0.1) is 0 Å². The summed E-state index contributed by atoms with van der Waals surface area (Å²) in [5, 5.41) is 6.11. The number of hydrogen-bond acceptors (Lipinski definition) is 4. The number of nitrogens with one attached hydrogen (secondary N) is 1. The van der Waals surface area contributed by atoms with Gasteiger partial charge in [-0.25, -0.2) is 0 Å². The zero-order valence-corrected chi connectivity index (χ0v) is 12.6. The van der Waals surface area contributed by atoms with Crippen LogP contribution < -0.4 is 14.8 Å². The highest BCUT2D eigenvalue weighted by molar-refractivity contribution is 6.53. The molecule has 0 aromatic heterocycles. The van der Waals surface area contributed by atoms with Crippen LogP contribution in [-0.2, 0) is 4.79 Å². The molecular formula is C18H13NO4. The number of ether oxygens (including phenoxy) is 2. The van der Waals surface area contributed by atoms with Crippen LogP contribution >= 0.6 is 0 Å². The molecule has 4 rings (SSSR count). The SMILES string of the molecule is COc1c(OC)c2c3c(ccc2c2ccccc12)C(=O)C(=O)N3. The highest BCUT2D eigenvalue weighted by atomic mass is 16.5. The number of rotatable bonds is 2. The standard InChI is InChI=1S/C18H13NO4/c1-22-16-11-6-4-3-5-9(11)10-7-8-12-14(13(10)17(16)23-2)19-18(21)15(12)20/h3-8H,1-2H3,(H,19,20,21). The lowest BCUT2D eigenvalue weighted by molar-refractivity contribution is -0.112. The van der Waals surface area contributed by atoms with Gasteiger partial charge in [-0.05, 0) is 16.8 Å². The third kappa shape index (κ3) is 1.67. The zero-order chi connectivity index (χ0) is 16.1. The Hall–Kier alpha value is -3.08. The normalized spacial score (nSPS) is 13.3. The van der Waals surface area contributed by atoms with E-state index in [4.69, 9.17) is 9.47 Å². The molecule has 0 aliphatic carbocycles. The zero-order valence-electron chi connectivity index (χ0n) is 12.6. The second-order valence-corrected chi connectivity index (χ2v) is 5.31. The summed E-state index contributed by atoms with van der Waals surface area (Å²) in [5.74, 6) is -0.0663. The number of carbonyl (C=O) groups is 2. The summed E-state index contributed by atoms with van der Waals surface area (Å²) in [4.78, 5) is 23.7. The number of benzene rings is 3. The maximum Gasteiger partial charge on any atom is 0.296 e. The summed E-state index contributed by atoms with van der Waals surface area (Å²) in [6, 6.07) is 11.3. The number of methoxy groups -OCH3 is 2. The minimum absolute atomic E-state index is 0.359. The molecule has 0 spiro atoms. The quantitative estimate of drug-likeness (QED) is 0.583. The van der Waals surface area contributed by atoms with Gasteiger partial charge < -0.3 is 14.8 Å². The number of Topliss-reactive ketones (excluding diaryl/α,β-unsaturated/α-hetero) is 1. The first kappa shape index (κ1) is 13.6. The summed E-state index contributed by atoms with van der Waals surface area (Å²) in [5.41, 5.74) is 0.844. The van der Waals surface area contributed by atoms with E-state index in [1.807, 2.05) is 30.3 Å². The molecule has 1 aliphatic heterocycles. The van der Waals surface area contributed by atoms with Crippen molar-refractivity contribution in [3.8, 4) is 11.5 Å². The van der Waals surface area contributed by atoms with Gasteiger partial charge in [0.1, 0.15) is 0 Å². The minimum atomic E-state index is -0.623. The van der Waals surface area contributed by atoms with E-state index < -0.39 is 11.7 Å². The first-order chi connectivity index (χ1) is 11.2. The third-order valence-electron chi connectivity index (χ3n) is 4.20. The number of amides is 1. The van der Waals surface area contributed by atoms with Crippen LogP contribution in [0.15, 0.2) is 36.4 Å². The Morgan fingerprint density at radius 2 is 1.52 bits per heavy atom. The Kier molecular flexibility index (Phi) is 2.78. The molecule has 0 saturated carbocycles. The van der Waals surface area contributed by atoms with Crippen molar-refractivity contribution in [2.75, 3.05) is 19.5 Å². The molecule has 23 heavy (non-hydrogen) atoms. The van der Waals surface area contributed by atoms with Crippen molar-refractivity contribution in [2.24, 2.45) is 0 Å². The van der Waals surface area contributed by atoms with Gasteiger partial charge in [0.15, 0.2) is 11.5 Å². The molecule has 1 amide bonds. The molecule has 1 heterocycles. The fraction of sp³-hybridized carbons (Fsp3) is 0.111. The van der Waals surface area contributed by atoms with Crippen molar-refractivity contribution in [3.05, 3.63) is 42.0 Å². The van der Waals surface area contributed by atoms with Crippen molar-refractivity contribution in [3.63, 3.8) is 0 Å². The molecular weight excluding hydrogens is 294 g/mol. The Balaban J connectivity index is 2.27. The van der Waals surface area contributed by atoms with Crippen LogP contribution in [0, 0.1) is 0 Å². The Labute approximate surface area is 131 Å². The molecule has 0 unspecified atom stereocenters. The number of anilines is 1. The number of ketones is 1. The van der Waals surface area contributed by atoms with Crippen LogP contribution in [-0.4, -0.2) is 25.9 Å². The van der Waals surface area contributed by atoms with Gasteiger partial charge in [-0.1, -0.05) is 30.3 Å². The van der Waals surface area contributed by atoms with Crippen molar-refractivity contribution in [1.82, 2.24) is 0 Å². The summed E-state index contributed by atoms with van der Waals surface area (Å²) in [7, 11) is 3.12. The molecule has 0 bridgehead atoms. The minimum Gasteiger partial charge on any atom is -0.492 e. The van der Waals surface area contributed by atoms with Crippen LogP contribution in [0.5, 0.6) is 11.5 Å². The van der Waals surface area contributed by atoms with Gasteiger partial charge >= 0.3 is 0 Å². The fourth-order valence-corrected chi connectivity index (χ4v) is 3.22. The van der Waals surface area contributed by atoms with E-state index in [0.717, 1.165) is 16.2 Å². The Morgan fingerprint density at radius 1 is 0.826 bits per heavy atom. The van der Waals surface area contributed by atoms with Crippen LogP contribution in [0.1, 0.15) is 10.4 Å². The second-order valence-electron chi connectivity index (χ2n) is 5.31. The highest BCUT2D eigenvalue weighted by Crippen LogP contribution is 2.48. The van der Waals surface area contributed by atoms with Crippen LogP contribution in [0.25, 0.3) is 21.5 Å². The molecule has 5 heteroatoms. The molecule has 3 aromatic carbocycles. The average Bonchev–Trinajstić information content (AvgIpc) is 2.88. The lowest BCUT2D eigenvalue weighted by atomic mass is 9.96. The topological polar surface area (TPSA) is 64.6 Å². The molecule has 1 aliphatic rings. The molecule has 3 aromatic rings. The lowest BCUT2D eigenvalue weighted by Gasteiger charge is -2.17. The summed E-state index contributed by atoms with van der Waals surface area (Å²) < 4.78 is 11.1. The van der Waals surface area contributed by atoms with Crippen LogP contribution in [0.4, 0.5) is 5.69 Å². The van der Waals surface area contributed by atoms with Gasteiger partial charge in [0, 0.05) is 5.39 Å². The lowest BCUT2D eigenvalue weighted by Crippen LogP contribution is -2.12. The maximum atomic E-state index is 12.0. The number of hydrogen-bond donors (Lipinski definition) is 1. The van der Waals surface area contributed by atoms with E-state index in [9.17, 15) is 9.59 Å². The Morgan fingerprint density at radius 3 is 2.22 bits per heavy atom. The predicted molar refractivity (Wildman–Crippen MR) is 87.5 cm³/mol. The number of fused-ring (bicyclic) bond motifs is 5. The first-order valence-corrected chi connectivity index (χ1v) is 7.12. The molecule has 0 atom stereocenters. The Bertz CT molecular complexity index is 1010. The summed E-state index contributed by atoms with van der Waals surface area (Å²) in [6.45, 7) is 0. The fourth-order valence-electron chi connectivity index (χ4n) is 3.22. The number of carbonyl (C=O) groups excluding carboxylic acids is 2. The molecule has 0 radical (unpaired) electrons. The maximum absolute atomic E-state index is 12.0. The van der Waals surface area contributed by atoms with Gasteiger partial charge in [0.2, 0.25) is 0 Å². The van der Waals surface area contributed by atoms with Crippen LogP contribution in [0.2, 0.25) is 0 Å². The van der Waals surface area contributed by atoms with Crippen molar-refractivity contribution >= 4 is 38.9 Å². The van der Waals surface area contributed by atoms with E-state index >= 15 is 0 Å². The van der Waals surface area contributed by atoms with Crippen molar-refractivity contribution in [2.45, 2.75) is 0 Å². The average molecular weight is 307 g/mol. The summed E-state index contributed by atoms with van der Waals surface area (Å²) >= 11 is 0. The van der Waals surface area contributed by atoms with Gasteiger partial charge in [-0.3, -0.25) is 9.59 Å². The molecule has 0 fully saturated rings. The predicted octanol–water partition coefficient (Wildman–Crippen LogP) is 3.15. The summed E-state index contributed by atoms with van der Waals surface area (Å²) in [6.07, 6.45) is 0. The smallest absolute Gasteiger partial charge is 0.296 e. The van der Waals surface area contributed by atoms with E-state index in [1.54, 1.807) is 20.3 Å². The first-order valence-electron chi connectivity index (χ1n) is 7.12. The van der Waals surface area contributed by atoms with E-state index in [-0.39, 0.29) is 0 Å². The van der Waals surface area contributed by atoms with Crippen molar-refractivity contribution < 1.29 is 19.1 Å². The van der Waals surface area contributed by atoms with E-state index in [2.05, 4.69) is 5.32 Å². The molecule has 0 saturated heterocycles. The third-order valence-corrected chi connectivity index (χ3v) is 4.20. The van der Waals surface area contributed by atoms with Crippen LogP contribution in [0.3, 0.4) is 0 Å². The monoisotopic (exact) mass is 307 g/mol. The van der Waals surface area contributed by atoms with E-state index in [0.29, 0.717) is 28.1 Å². The highest BCUT2D eigenvalue weighted by Gasteiger charge is 2.32. The molecule has 5 nitrogen and oxygen atoms in total. The molecule has 1 N–H and O–H groups in total.